The van der Waals surface area contributed by atoms with Crippen molar-refractivity contribution in [3.63, 3.8) is 0 Å². The third-order valence-electron chi connectivity index (χ3n) is 1.57. The summed E-state index contributed by atoms with van der Waals surface area (Å²) in [6.45, 7) is 2.58. The average Bonchev–Trinajstić information content (AvgIpc) is 2.36. The summed E-state index contributed by atoms with van der Waals surface area (Å²) in [7, 11) is 0. The number of alkyl carbamates (subject to hydrolysis) is 1. The van der Waals surface area contributed by atoms with Gasteiger partial charge in [0.2, 0.25) is 5.91 Å². The van der Waals surface area contributed by atoms with E-state index in [1.807, 2.05) is 0 Å². The highest BCUT2D eigenvalue weighted by molar-refractivity contribution is 5.80. The molecule has 0 aromatic rings. The molecule has 1 aliphatic heterocycles. The van der Waals surface area contributed by atoms with Gasteiger partial charge >= 0.3 is 6.09 Å². The molecule has 0 aromatic heterocycles. The van der Waals surface area contributed by atoms with Crippen molar-refractivity contribution < 1.29 is 14.3 Å². The van der Waals surface area contributed by atoms with Crippen LogP contribution in [0.2, 0.25) is 0 Å². The molecule has 0 saturated carbocycles. The molecule has 1 aliphatic rings. The fourth-order valence-electron chi connectivity index (χ4n) is 1.05. The van der Waals surface area contributed by atoms with Gasteiger partial charge in [-0.15, -0.1) is 0 Å². The molecule has 1 atom stereocenters. The minimum absolute atomic E-state index is 0.0307. The van der Waals surface area contributed by atoms with Crippen LogP contribution in [0.4, 0.5) is 4.79 Å². The van der Waals surface area contributed by atoms with Crippen LogP contribution in [-0.4, -0.2) is 31.2 Å². The molecule has 0 bridgehead atoms. The van der Waals surface area contributed by atoms with Crippen molar-refractivity contribution in [3.05, 3.63) is 0 Å². The monoisotopic (exact) mass is 172 g/mol. The van der Waals surface area contributed by atoms with E-state index in [0.29, 0.717) is 19.6 Å². The topological polar surface area (TPSA) is 67.4 Å². The van der Waals surface area contributed by atoms with E-state index in [4.69, 9.17) is 0 Å². The van der Waals surface area contributed by atoms with Crippen molar-refractivity contribution in [3.8, 4) is 0 Å². The average molecular weight is 172 g/mol. The van der Waals surface area contributed by atoms with Crippen LogP contribution in [0.15, 0.2) is 0 Å². The van der Waals surface area contributed by atoms with Crippen LogP contribution in [0.25, 0.3) is 0 Å². The van der Waals surface area contributed by atoms with Crippen molar-refractivity contribution >= 4 is 12.0 Å². The summed E-state index contributed by atoms with van der Waals surface area (Å²) in [5.41, 5.74) is 0. The molecule has 0 aromatic carbocycles. The molecule has 1 heterocycles. The summed E-state index contributed by atoms with van der Waals surface area (Å²) in [5.74, 6) is -0.0307. The molecule has 0 unspecified atom stereocenters. The Morgan fingerprint density at radius 3 is 3.08 bits per heavy atom. The van der Waals surface area contributed by atoms with E-state index < -0.39 is 6.09 Å². The molecule has 5 heteroatoms. The van der Waals surface area contributed by atoms with Crippen LogP contribution in [-0.2, 0) is 9.53 Å². The molecule has 12 heavy (non-hydrogen) atoms. The summed E-state index contributed by atoms with van der Waals surface area (Å²) in [4.78, 5) is 21.5. The van der Waals surface area contributed by atoms with E-state index in [1.54, 1.807) is 6.92 Å². The number of rotatable bonds is 2. The Balaban J connectivity index is 2.23. The molecular weight excluding hydrogens is 160 g/mol. The highest BCUT2D eigenvalue weighted by atomic mass is 16.5. The van der Waals surface area contributed by atoms with Gasteiger partial charge in [-0.2, -0.15) is 0 Å². The van der Waals surface area contributed by atoms with Gasteiger partial charge in [-0.25, -0.2) is 4.79 Å². The maximum absolute atomic E-state index is 10.8. The molecule has 1 fully saturated rings. The van der Waals surface area contributed by atoms with Gasteiger partial charge in [0.05, 0.1) is 12.6 Å². The highest BCUT2D eigenvalue weighted by Crippen LogP contribution is 1.98. The van der Waals surface area contributed by atoms with Crippen LogP contribution in [0, 0.1) is 0 Å². The number of carbonyl (C=O) groups excluding carboxylic acids is 2. The third kappa shape index (κ3) is 2.41. The van der Waals surface area contributed by atoms with Gasteiger partial charge in [-0.1, -0.05) is 0 Å². The van der Waals surface area contributed by atoms with Gasteiger partial charge in [0.1, 0.15) is 0 Å². The van der Waals surface area contributed by atoms with Crippen molar-refractivity contribution in [2.24, 2.45) is 0 Å². The van der Waals surface area contributed by atoms with E-state index in [-0.39, 0.29) is 11.9 Å². The zero-order chi connectivity index (χ0) is 8.97. The Hall–Kier alpha value is -1.26. The number of hydrogen-bond acceptors (Lipinski definition) is 3. The predicted octanol–water partition coefficient (Wildman–Crippen LogP) is -0.379. The number of hydrogen-bond donors (Lipinski definition) is 2. The first-order valence-corrected chi connectivity index (χ1v) is 3.92. The lowest BCUT2D eigenvalue weighted by Gasteiger charge is -2.09. The minimum atomic E-state index is -0.459. The molecule has 2 N–H and O–H groups in total. The minimum Gasteiger partial charge on any atom is -0.450 e. The van der Waals surface area contributed by atoms with Crippen LogP contribution in [0.1, 0.15) is 13.3 Å². The molecule has 0 radical (unpaired) electrons. The van der Waals surface area contributed by atoms with Crippen molar-refractivity contribution in [2.75, 3.05) is 13.2 Å². The van der Waals surface area contributed by atoms with Gasteiger partial charge in [0, 0.05) is 13.0 Å². The van der Waals surface area contributed by atoms with E-state index in [2.05, 4.69) is 15.4 Å². The van der Waals surface area contributed by atoms with Crippen LogP contribution in [0.3, 0.4) is 0 Å². The second-order valence-corrected chi connectivity index (χ2v) is 2.57. The Morgan fingerprint density at radius 2 is 2.58 bits per heavy atom. The number of ether oxygens (including phenoxy) is 1. The van der Waals surface area contributed by atoms with E-state index in [9.17, 15) is 9.59 Å². The third-order valence-corrected chi connectivity index (χ3v) is 1.57. The predicted molar refractivity (Wildman–Crippen MR) is 41.6 cm³/mol. The quantitative estimate of drug-likeness (QED) is 0.596. The molecule has 1 saturated heterocycles. The van der Waals surface area contributed by atoms with Gasteiger partial charge in [0.25, 0.3) is 0 Å². The zero-order valence-electron chi connectivity index (χ0n) is 6.92. The second kappa shape index (κ2) is 3.94. The van der Waals surface area contributed by atoms with Gasteiger partial charge in [-0.05, 0) is 6.92 Å². The standard InChI is InChI=1S/C7H12N2O3/c1-2-12-7(11)9-5-3-6(10)8-4-5/h5H,2-4H2,1H3,(H,8,10)(H,9,11)/t5-/m0/s1. The molecule has 2 amide bonds. The SMILES string of the molecule is CCOC(=O)N[C@@H]1CNC(=O)C1. The largest absolute Gasteiger partial charge is 0.450 e. The van der Waals surface area contributed by atoms with Crippen LogP contribution < -0.4 is 10.6 Å². The molecule has 5 nitrogen and oxygen atoms in total. The number of nitrogens with one attached hydrogen (secondary N) is 2. The fraction of sp³-hybridized carbons (Fsp3) is 0.714. The van der Waals surface area contributed by atoms with Gasteiger partial charge < -0.3 is 15.4 Å². The molecule has 1 rings (SSSR count). The Bertz CT molecular complexity index is 193. The molecule has 0 aliphatic carbocycles. The van der Waals surface area contributed by atoms with Crippen molar-refractivity contribution in [1.82, 2.24) is 10.6 Å². The zero-order valence-corrected chi connectivity index (χ0v) is 6.92. The summed E-state index contributed by atoms with van der Waals surface area (Å²) in [6.07, 6.45) is -0.113. The summed E-state index contributed by atoms with van der Waals surface area (Å²) < 4.78 is 4.65. The first kappa shape index (κ1) is 8.83. The normalized spacial score (nSPS) is 21.8. The Morgan fingerprint density at radius 1 is 1.83 bits per heavy atom. The fourth-order valence-corrected chi connectivity index (χ4v) is 1.05. The van der Waals surface area contributed by atoms with Crippen molar-refractivity contribution in [2.45, 2.75) is 19.4 Å². The van der Waals surface area contributed by atoms with E-state index >= 15 is 0 Å². The summed E-state index contributed by atoms with van der Waals surface area (Å²) in [6, 6.07) is -0.114. The van der Waals surface area contributed by atoms with E-state index in [0.717, 1.165) is 0 Å². The molecule has 0 spiro atoms. The second-order valence-electron chi connectivity index (χ2n) is 2.57. The maximum atomic E-state index is 10.8. The van der Waals surface area contributed by atoms with Gasteiger partial charge in [0.15, 0.2) is 0 Å². The van der Waals surface area contributed by atoms with E-state index in [1.165, 1.54) is 0 Å². The maximum Gasteiger partial charge on any atom is 0.407 e. The lowest BCUT2D eigenvalue weighted by Crippen LogP contribution is -2.36. The number of amides is 2. The highest BCUT2D eigenvalue weighted by Gasteiger charge is 2.22. The van der Waals surface area contributed by atoms with Crippen LogP contribution in [0.5, 0.6) is 0 Å². The summed E-state index contributed by atoms with van der Waals surface area (Å²) >= 11 is 0. The van der Waals surface area contributed by atoms with Crippen molar-refractivity contribution in [1.29, 1.82) is 0 Å². The number of carbonyl (C=O) groups is 2. The first-order chi connectivity index (χ1) is 5.72. The molecule has 68 valence electrons. The summed E-state index contributed by atoms with van der Waals surface area (Å²) in [5, 5.41) is 5.17. The molecular formula is C7H12N2O3. The van der Waals surface area contributed by atoms with Crippen LogP contribution >= 0.6 is 0 Å². The lowest BCUT2D eigenvalue weighted by molar-refractivity contribution is -0.119. The lowest BCUT2D eigenvalue weighted by atomic mass is 10.3. The van der Waals surface area contributed by atoms with Gasteiger partial charge in [-0.3, -0.25) is 4.79 Å². The Kier molecular flexibility index (Phi) is 2.90. The smallest absolute Gasteiger partial charge is 0.407 e. The first-order valence-electron chi connectivity index (χ1n) is 3.92. The Labute approximate surface area is 70.5 Å².